The minimum absolute atomic E-state index is 0.0648. The Bertz CT molecular complexity index is 496. The molecule has 2 amide bonds. The van der Waals surface area contributed by atoms with Gasteiger partial charge in [0.2, 0.25) is 11.8 Å². The molecule has 1 fully saturated rings. The van der Waals surface area contributed by atoms with Crippen molar-refractivity contribution < 1.29 is 9.59 Å². The Morgan fingerprint density at radius 1 is 1.20 bits per heavy atom. The van der Waals surface area contributed by atoms with Crippen LogP contribution in [0, 0.1) is 5.92 Å². The number of carbonyl (C=O) groups excluding carboxylic acids is 2. The molecule has 1 aliphatic rings. The number of benzene rings is 1. The number of nitrogens with one attached hydrogen (secondary N) is 3. The highest BCUT2D eigenvalue weighted by Crippen LogP contribution is 2.30. The van der Waals surface area contributed by atoms with Gasteiger partial charge in [-0.25, -0.2) is 0 Å². The summed E-state index contributed by atoms with van der Waals surface area (Å²) in [7, 11) is 0. The van der Waals surface area contributed by atoms with Gasteiger partial charge in [-0.3, -0.25) is 9.59 Å². The van der Waals surface area contributed by atoms with E-state index in [1.807, 2.05) is 26.0 Å². The molecule has 1 saturated carbocycles. The van der Waals surface area contributed by atoms with Gasteiger partial charge >= 0.3 is 0 Å². The number of hydrogen-bond acceptors (Lipinski definition) is 3. The lowest BCUT2D eigenvalue weighted by molar-refractivity contribution is -0.117. The Kier molecular flexibility index (Phi) is 4.74. The Balaban J connectivity index is 1.88. The van der Waals surface area contributed by atoms with Crippen LogP contribution in [0.3, 0.4) is 0 Å². The Morgan fingerprint density at radius 2 is 1.85 bits per heavy atom. The van der Waals surface area contributed by atoms with E-state index in [0.29, 0.717) is 5.69 Å². The third-order valence-electron chi connectivity index (χ3n) is 3.03. The molecule has 108 valence electrons. The van der Waals surface area contributed by atoms with E-state index in [1.54, 1.807) is 12.1 Å². The second-order valence-electron chi connectivity index (χ2n) is 5.43. The highest BCUT2D eigenvalue weighted by molar-refractivity contribution is 5.96. The van der Waals surface area contributed by atoms with E-state index in [0.717, 1.165) is 18.5 Å². The molecule has 0 atom stereocenters. The van der Waals surface area contributed by atoms with Crippen LogP contribution in [0.1, 0.15) is 26.7 Å². The Hall–Kier alpha value is -1.88. The molecule has 1 aromatic rings. The van der Waals surface area contributed by atoms with Gasteiger partial charge in [0.25, 0.3) is 0 Å². The van der Waals surface area contributed by atoms with Crippen LogP contribution in [0.15, 0.2) is 24.3 Å². The summed E-state index contributed by atoms with van der Waals surface area (Å²) >= 11 is 0. The molecule has 0 aromatic heterocycles. The van der Waals surface area contributed by atoms with Gasteiger partial charge in [-0.05, 0) is 31.0 Å². The monoisotopic (exact) mass is 275 g/mol. The third kappa shape index (κ3) is 4.66. The van der Waals surface area contributed by atoms with Gasteiger partial charge in [-0.2, -0.15) is 0 Å². The zero-order valence-electron chi connectivity index (χ0n) is 11.9. The quantitative estimate of drug-likeness (QED) is 0.743. The Labute approximate surface area is 119 Å². The van der Waals surface area contributed by atoms with Crippen LogP contribution in [0.4, 0.5) is 11.4 Å². The molecule has 0 radical (unpaired) electrons. The summed E-state index contributed by atoms with van der Waals surface area (Å²) < 4.78 is 0. The van der Waals surface area contributed by atoms with E-state index >= 15 is 0 Å². The van der Waals surface area contributed by atoms with Crippen molar-refractivity contribution in [3.8, 4) is 0 Å². The molecular weight excluding hydrogens is 254 g/mol. The minimum Gasteiger partial charge on any atom is -0.326 e. The first-order chi connectivity index (χ1) is 9.54. The second kappa shape index (κ2) is 6.52. The largest absolute Gasteiger partial charge is 0.326 e. The van der Waals surface area contributed by atoms with E-state index < -0.39 is 0 Å². The summed E-state index contributed by atoms with van der Waals surface area (Å²) in [5, 5.41) is 8.72. The van der Waals surface area contributed by atoms with Crippen molar-refractivity contribution in [1.82, 2.24) is 5.32 Å². The summed E-state index contributed by atoms with van der Waals surface area (Å²) in [5.74, 6) is 0.141. The number of hydrogen-bond donors (Lipinski definition) is 3. The normalized spacial score (nSPS) is 14.2. The van der Waals surface area contributed by atoms with Gasteiger partial charge in [-0.1, -0.05) is 19.9 Å². The molecule has 3 N–H and O–H groups in total. The lowest BCUT2D eigenvalue weighted by Crippen LogP contribution is -2.32. The molecule has 0 aliphatic heterocycles. The smallest absolute Gasteiger partial charge is 0.238 e. The van der Waals surface area contributed by atoms with Crippen LogP contribution in [0.25, 0.3) is 0 Å². The predicted octanol–water partition coefficient (Wildman–Crippen LogP) is 1.97. The van der Waals surface area contributed by atoms with Crippen LogP contribution in [-0.4, -0.2) is 24.4 Å². The first kappa shape index (κ1) is 14.5. The molecule has 2 rings (SSSR count). The maximum Gasteiger partial charge on any atom is 0.238 e. The standard InChI is InChI=1S/C15H21N3O2/c1-10(2)16-9-14(19)17-12-4-3-5-13(8-12)18-15(20)11-6-7-11/h3-5,8,10-11,16H,6-7,9H2,1-2H3,(H,17,19)(H,18,20). The summed E-state index contributed by atoms with van der Waals surface area (Å²) in [4.78, 5) is 23.4. The number of rotatable bonds is 6. The fourth-order valence-electron chi connectivity index (χ4n) is 1.77. The molecule has 0 unspecified atom stereocenters. The molecule has 1 aliphatic carbocycles. The van der Waals surface area contributed by atoms with Crippen LogP contribution < -0.4 is 16.0 Å². The van der Waals surface area contributed by atoms with E-state index in [2.05, 4.69) is 16.0 Å². The maximum absolute atomic E-state index is 11.7. The maximum atomic E-state index is 11.7. The highest BCUT2D eigenvalue weighted by Gasteiger charge is 2.29. The van der Waals surface area contributed by atoms with Gasteiger partial charge in [0.05, 0.1) is 6.54 Å². The average molecular weight is 275 g/mol. The first-order valence-electron chi connectivity index (χ1n) is 6.99. The molecule has 0 spiro atoms. The van der Waals surface area contributed by atoms with Crippen molar-refractivity contribution in [3.63, 3.8) is 0 Å². The third-order valence-corrected chi connectivity index (χ3v) is 3.03. The fraction of sp³-hybridized carbons (Fsp3) is 0.467. The summed E-state index contributed by atoms with van der Waals surface area (Å²) in [6.45, 7) is 4.25. The predicted molar refractivity (Wildman–Crippen MR) is 79.6 cm³/mol. The fourth-order valence-corrected chi connectivity index (χ4v) is 1.77. The number of amides is 2. The Morgan fingerprint density at radius 3 is 2.45 bits per heavy atom. The van der Waals surface area contributed by atoms with E-state index in [9.17, 15) is 9.59 Å². The zero-order valence-corrected chi connectivity index (χ0v) is 11.9. The second-order valence-corrected chi connectivity index (χ2v) is 5.43. The molecule has 0 saturated heterocycles. The van der Waals surface area contributed by atoms with Crippen molar-refractivity contribution in [2.45, 2.75) is 32.7 Å². The van der Waals surface area contributed by atoms with E-state index in [4.69, 9.17) is 0 Å². The van der Waals surface area contributed by atoms with Gasteiger partial charge < -0.3 is 16.0 Å². The lowest BCUT2D eigenvalue weighted by Gasteiger charge is -2.10. The first-order valence-corrected chi connectivity index (χ1v) is 6.99. The van der Waals surface area contributed by atoms with Crippen LogP contribution in [0.2, 0.25) is 0 Å². The van der Waals surface area contributed by atoms with Crippen LogP contribution >= 0.6 is 0 Å². The van der Waals surface area contributed by atoms with E-state index in [1.165, 1.54) is 0 Å². The summed E-state index contributed by atoms with van der Waals surface area (Å²) in [6.07, 6.45) is 1.95. The van der Waals surface area contributed by atoms with Gasteiger partial charge in [-0.15, -0.1) is 0 Å². The topological polar surface area (TPSA) is 70.2 Å². The van der Waals surface area contributed by atoms with Crippen molar-refractivity contribution in [2.24, 2.45) is 5.92 Å². The van der Waals surface area contributed by atoms with Gasteiger partial charge in [0, 0.05) is 23.3 Å². The van der Waals surface area contributed by atoms with Crippen LogP contribution in [-0.2, 0) is 9.59 Å². The molecule has 5 heteroatoms. The summed E-state index contributed by atoms with van der Waals surface area (Å²) in [6, 6.07) is 7.48. The molecular formula is C15H21N3O2. The van der Waals surface area contributed by atoms with Crippen molar-refractivity contribution in [1.29, 1.82) is 0 Å². The minimum atomic E-state index is -0.0932. The molecule has 5 nitrogen and oxygen atoms in total. The highest BCUT2D eigenvalue weighted by atomic mass is 16.2. The van der Waals surface area contributed by atoms with Crippen molar-refractivity contribution in [3.05, 3.63) is 24.3 Å². The number of anilines is 2. The molecule has 20 heavy (non-hydrogen) atoms. The van der Waals surface area contributed by atoms with E-state index in [-0.39, 0.29) is 30.3 Å². The van der Waals surface area contributed by atoms with Crippen molar-refractivity contribution >= 4 is 23.2 Å². The zero-order chi connectivity index (χ0) is 14.5. The molecule has 0 bridgehead atoms. The van der Waals surface area contributed by atoms with Gasteiger partial charge in [0.1, 0.15) is 0 Å². The van der Waals surface area contributed by atoms with Crippen molar-refractivity contribution in [2.75, 3.05) is 17.2 Å². The average Bonchev–Trinajstić information content (AvgIpc) is 3.21. The SMILES string of the molecule is CC(C)NCC(=O)Nc1cccc(NC(=O)C2CC2)c1. The lowest BCUT2D eigenvalue weighted by atomic mass is 10.2. The summed E-state index contributed by atoms with van der Waals surface area (Å²) in [5.41, 5.74) is 1.41. The van der Waals surface area contributed by atoms with Gasteiger partial charge in [0.15, 0.2) is 0 Å². The van der Waals surface area contributed by atoms with Crippen LogP contribution in [0.5, 0.6) is 0 Å². The molecule has 1 aromatic carbocycles. The number of carbonyl (C=O) groups is 2. The molecule has 0 heterocycles.